The molecular weight excluding hydrogens is 216 g/mol. The number of esters is 1. The molecule has 0 spiro atoms. The highest BCUT2D eigenvalue weighted by atomic mass is 16.5. The van der Waals surface area contributed by atoms with Crippen LogP contribution in [0.15, 0.2) is 0 Å². The van der Waals surface area contributed by atoms with E-state index in [0.29, 0.717) is 6.61 Å². The molecular formula is C13H26N2O2. The number of hydrogen-bond donors (Lipinski definition) is 1. The van der Waals surface area contributed by atoms with Crippen molar-refractivity contribution in [3.63, 3.8) is 0 Å². The highest BCUT2D eigenvalue weighted by molar-refractivity contribution is 5.76. The van der Waals surface area contributed by atoms with Gasteiger partial charge < -0.3 is 10.1 Å². The van der Waals surface area contributed by atoms with Crippen LogP contribution in [0.2, 0.25) is 0 Å². The first kappa shape index (κ1) is 14.5. The molecule has 1 unspecified atom stereocenters. The molecule has 1 heterocycles. The fraction of sp³-hybridized carbons (Fsp3) is 0.923. The van der Waals surface area contributed by atoms with E-state index in [4.69, 9.17) is 4.74 Å². The highest BCUT2D eigenvalue weighted by Gasteiger charge is 2.29. The summed E-state index contributed by atoms with van der Waals surface area (Å²) >= 11 is 0. The lowest BCUT2D eigenvalue weighted by Crippen LogP contribution is -2.55. The van der Waals surface area contributed by atoms with Gasteiger partial charge in [0.2, 0.25) is 0 Å². The lowest BCUT2D eigenvalue weighted by molar-refractivity contribution is -0.150. The van der Waals surface area contributed by atoms with E-state index in [9.17, 15) is 4.79 Å². The summed E-state index contributed by atoms with van der Waals surface area (Å²) in [7, 11) is 0. The first-order valence-electron chi connectivity index (χ1n) is 6.76. The van der Waals surface area contributed by atoms with E-state index in [0.717, 1.165) is 38.5 Å². The molecule has 1 fully saturated rings. The van der Waals surface area contributed by atoms with Crippen LogP contribution in [0.1, 0.15) is 33.6 Å². The van der Waals surface area contributed by atoms with Crippen LogP contribution in [0.5, 0.6) is 0 Å². The van der Waals surface area contributed by atoms with E-state index in [1.54, 1.807) is 0 Å². The Morgan fingerprint density at radius 1 is 1.53 bits per heavy atom. The average Bonchev–Trinajstić information content (AvgIpc) is 2.29. The zero-order valence-corrected chi connectivity index (χ0v) is 11.4. The minimum Gasteiger partial charge on any atom is -0.465 e. The third kappa shape index (κ3) is 5.04. The van der Waals surface area contributed by atoms with Crippen LogP contribution in [-0.2, 0) is 9.53 Å². The molecule has 0 bridgehead atoms. The molecule has 0 aliphatic carbocycles. The van der Waals surface area contributed by atoms with Gasteiger partial charge in [-0.2, -0.15) is 0 Å². The number of piperazine rings is 1. The Morgan fingerprint density at radius 3 is 2.94 bits per heavy atom. The zero-order chi connectivity index (χ0) is 12.7. The Morgan fingerprint density at radius 2 is 2.29 bits per heavy atom. The summed E-state index contributed by atoms with van der Waals surface area (Å²) in [6.45, 7) is 10.4. The molecule has 1 aliphatic rings. The van der Waals surface area contributed by atoms with Crippen LogP contribution in [0, 0.1) is 5.92 Å². The third-order valence-electron chi connectivity index (χ3n) is 3.14. The van der Waals surface area contributed by atoms with Gasteiger partial charge in [-0.05, 0) is 32.2 Å². The van der Waals surface area contributed by atoms with Crippen LogP contribution < -0.4 is 5.32 Å². The van der Waals surface area contributed by atoms with Crippen molar-refractivity contribution in [1.82, 2.24) is 10.2 Å². The Hall–Kier alpha value is -0.610. The van der Waals surface area contributed by atoms with Gasteiger partial charge in [-0.25, -0.2) is 0 Å². The number of ether oxygens (including phenoxy) is 1. The molecule has 4 nitrogen and oxygen atoms in total. The maximum absolute atomic E-state index is 11.8. The summed E-state index contributed by atoms with van der Waals surface area (Å²) in [6, 6.07) is -0.0872. The van der Waals surface area contributed by atoms with Gasteiger partial charge in [0.25, 0.3) is 0 Å². The first-order chi connectivity index (χ1) is 8.15. The molecule has 0 aromatic rings. The first-order valence-corrected chi connectivity index (χ1v) is 6.76. The van der Waals surface area contributed by atoms with Crippen LogP contribution in [0.25, 0.3) is 0 Å². The standard InChI is InChI=1S/C13H26N2O2/c1-4-17-13(16)12-10-14-7-9-15(12)8-5-6-11(2)3/h11-12,14H,4-10H2,1-3H3. The quantitative estimate of drug-likeness (QED) is 0.712. The van der Waals surface area contributed by atoms with Gasteiger partial charge in [0.05, 0.1) is 6.61 Å². The molecule has 0 saturated carbocycles. The van der Waals surface area contributed by atoms with Gasteiger partial charge in [0.1, 0.15) is 6.04 Å². The number of hydrogen-bond acceptors (Lipinski definition) is 4. The Balaban J connectivity index is 2.39. The summed E-state index contributed by atoms with van der Waals surface area (Å²) < 4.78 is 5.12. The van der Waals surface area contributed by atoms with Gasteiger partial charge in [-0.1, -0.05) is 13.8 Å². The lowest BCUT2D eigenvalue weighted by atomic mass is 10.1. The molecule has 100 valence electrons. The van der Waals surface area contributed by atoms with Gasteiger partial charge in [-0.15, -0.1) is 0 Å². The fourth-order valence-electron chi connectivity index (χ4n) is 2.19. The minimum atomic E-state index is -0.0872. The van der Waals surface area contributed by atoms with Crippen molar-refractivity contribution in [2.45, 2.75) is 39.7 Å². The second kappa shape index (κ2) is 7.67. The molecule has 4 heteroatoms. The smallest absolute Gasteiger partial charge is 0.324 e. The van der Waals surface area contributed by atoms with Crippen molar-refractivity contribution in [3.05, 3.63) is 0 Å². The Labute approximate surface area is 105 Å². The monoisotopic (exact) mass is 242 g/mol. The second-order valence-corrected chi connectivity index (χ2v) is 5.04. The average molecular weight is 242 g/mol. The van der Waals surface area contributed by atoms with Crippen LogP contribution in [0.4, 0.5) is 0 Å². The summed E-state index contributed by atoms with van der Waals surface area (Å²) in [6.07, 6.45) is 2.38. The van der Waals surface area contributed by atoms with Crippen molar-refractivity contribution >= 4 is 5.97 Å². The van der Waals surface area contributed by atoms with Gasteiger partial charge in [-0.3, -0.25) is 9.69 Å². The Kier molecular flexibility index (Phi) is 6.52. The summed E-state index contributed by atoms with van der Waals surface area (Å²) in [5, 5.41) is 3.26. The topological polar surface area (TPSA) is 41.6 Å². The largest absolute Gasteiger partial charge is 0.465 e. The van der Waals surface area contributed by atoms with Gasteiger partial charge in [0.15, 0.2) is 0 Å². The van der Waals surface area contributed by atoms with Crippen LogP contribution in [-0.4, -0.2) is 49.7 Å². The molecule has 0 aromatic carbocycles. The van der Waals surface area contributed by atoms with E-state index in [2.05, 4.69) is 24.1 Å². The summed E-state index contributed by atoms with van der Waals surface area (Å²) in [4.78, 5) is 14.1. The van der Waals surface area contributed by atoms with E-state index in [1.807, 2.05) is 6.92 Å². The number of carbonyl (C=O) groups excluding carboxylic acids is 1. The third-order valence-corrected chi connectivity index (χ3v) is 3.14. The zero-order valence-electron chi connectivity index (χ0n) is 11.4. The van der Waals surface area contributed by atoms with Crippen molar-refractivity contribution in [1.29, 1.82) is 0 Å². The van der Waals surface area contributed by atoms with Crippen LogP contribution in [0.3, 0.4) is 0 Å². The SMILES string of the molecule is CCOC(=O)C1CNCCN1CCCC(C)C. The van der Waals surface area contributed by atoms with Crippen molar-refractivity contribution in [3.8, 4) is 0 Å². The molecule has 1 saturated heterocycles. The van der Waals surface area contributed by atoms with Gasteiger partial charge in [0, 0.05) is 19.6 Å². The van der Waals surface area contributed by atoms with E-state index >= 15 is 0 Å². The second-order valence-electron chi connectivity index (χ2n) is 5.04. The van der Waals surface area contributed by atoms with E-state index < -0.39 is 0 Å². The predicted molar refractivity (Wildman–Crippen MR) is 68.9 cm³/mol. The van der Waals surface area contributed by atoms with E-state index in [1.165, 1.54) is 6.42 Å². The normalized spacial score (nSPS) is 21.8. The molecule has 0 radical (unpaired) electrons. The van der Waals surface area contributed by atoms with E-state index in [-0.39, 0.29) is 12.0 Å². The minimum absolute atomic E-state index is 0.0794. The van der Waals surface area contributed by atoms with Crippen molar-refractivity contribution in [2.75, 3.05) is 32.8 Å². The predicted octanol–water partition coefficient (Wildman–Crippen LogP) is 1.26. The molecule has 1 rings (SSSR count). The maximum Gasteiger partial charge on any atom is 0.324 e. The fourth-order valence-corrected chi connectivity index (χ4v) is 2.19. The van der Waals surface area contributed by atoms with Gasteiger partial charge >= 0.3 is 5.97 Å². The van der Waals surface area contributed by atoms with Crippen LogP contribution >= 0.6 is 0 Å². The maximum atomic E-state index is 11.8. The summed E-state index contributed by atoms with van der Waals surface area (Å²) in [5.74, 6) is 0.656. The molecule has 1 atom stereocenters. The lowest BCUT2D eigenvalue weighted by Gasteiger charge is -2.34. The molecule has 0 amide bonds. The molecule has 1 aliphatic heterocycles. The number of nitrogens with zero attached hydrogens (tertiary/aromatic N) is 1. The van der Waals surface area contributed by atoms with Crippen molar-refractivity contribution in [2.24, 2.45) is 5.92 Å². The van der Waals surface area contributed by atoms with Crippen molar-refractivity contribution < 1.29 is 9.53 Å². The number of nitrogens with one attached hydrogen (secondary N) is 1. The molecule has 1 N–H and O–H groups in total. The molecule has 0 aromatic heterocycles. The number of carbonyl (C=O) groups is 1. The number of rotatable bonds is 6. The highest BCUT2D eigenvalue weighted by Crippen LogP contribution is 2.10. The molecule has 17 heavy (non-hydrogen) atoms. The summed E-state index contributed by atoms with van der Waals surface area (Å²) in [5.41, 5.74) is 0. The Bertz CT molecular complexity index is 231.